The summed E-state index contributed by atoms with van der Waals surface area (Å²) >= 11 is 5.95. The van der Waals surface area contributed by atoms with Gasteiger partial charge in [-0.25, -0.2) is 24.9 Å². The van der Waals surface area contributed by atoms with E-state index in [0.717, 1.165) is 37.1 Å². The third kappa shape index (κ3) is 1.82. The minimum Gasteiger partial charge on any atom is -0.334 e. The summed E-state index contributed by atoms with van der Waals surface area (Å²) in [5.41, 5.74) is 0.149. The van der Waals surface area contributed by atoms with Crippen molar-refractivity contribution in [3.05, 3.63) is 17.0 Å². The second-order valence-electron chi connectivity index (χ2n) is 6.16. The van der Waals surface area contributed by atoms with Crippen LogP contribution >= 0.6 is 11.6 Å². The number of primary amides is 2. The normalized spacial score (nSPS) is 28.9. The Morgan fingerprint density at radius 1 is 1.29 bits per heavy atom. The molecule has 0 bridgehead atoms. The van der Waals surface area contributed by atoms with E-state index in [9.17, 15) is 9.59 Å². The Morgan fingerprint density at radius 2 is 2.05 bits per heavy atom. The Hall–Kier alpha value is -1.53. The van der Waals surface area contributed by atoms with E-state index in [1.807, 2.05) is 0 Å². The maximum absolute atomic E-state index is 12.5. The van der Waals surface area contributed by atoms with Crippen LogP contribution in [0.15, 0.2) is 6.20 Å². The molecule has 0 aromatic carbocycles. The van der Waals surface area contributed by atoms with Crippen LogP contribution in [0.1, 0.15) is 37.7 Å². The summed E-state index contributed by atoms with van der Waals surface area (Å²) in [4.78, 5) is 34.8. The van der Waals surface area contributed by atoms with Crippen LogP contribution in [0.5, 0.6) is 0 Å². The molecule has 1 unspecified atom stereocenters. The van der Waals surface area contributed by atoms with E-state index >= 15 is 0 Å². The van der Waals surface area contributed by atoms with E-state index in [-0.39, 0.29) is 29.6 Å². The van der Waals surface area contributed by atoms with Crippen molar-refractivity contribution < 1.29 is 14.9 Å². The zero-order valence-electron chi connectivity index (χ0n) is 11.5. The van der Waals surface area contributed by atoms with Crippen molar-refractivity contribution in [3.63, 3.8) is 0 Å². The lowest BCUT2D eigenvalue weighted by molar-refractivity contribution is -0.478. The van der Waals surface area contributed by atoms with Crippen molar-refractivity contribution in [3.8, 4) is 0 Å². The summed E-state index contributed by atoms with van der Waals surface area (Å²) in [6, 6.07) is 0.264. The van der Waals surface area contributed by atoms with Crippen LogP contribution in [-0.2, 0) is 16.0 Å². The van der Waals surface area contributed by atoms with Gasteiger partial charge in [-0.15, -0.1) is 0 Å². The molecule has 1 aromatic rings. The summed E-state index contributed by atoms with van der Waals surface area (Å²) in [7, 11) is 0. The van der Waals surface area contributed by atoms with Crippen molar-refractivity contribution in [1.29, 1.82) is 0 Å². The molecule has 1 saturated heterocycles. The SMILES string of the molecule is O=C1CC2(Cc3cnc(Cl)nc3N2C2CCCC2)C(=O)[NH2+]1. The number of quaternary nitrogens is 1. The number of carbonyl (C=O) groups excluding carboxylic acids is 2. The lowest BCUT2D eigenvalue weighted by Crippen LogP contribution is -2.90. The predicted octanol–water partition coefficient (Wildman–Crippen LogP) is 0.194. The summed E-state index contributed by atoms with van der Waals surface area (Å²) in [5, 5.41) is 1.44. The van der Waals surface area contributed by atoms with Crippen LogP contribution in [0.4, 0.5) is 5.82 Å². The molecule has 0 radical (unpaired) electrons. The Bertz CT molecular complexity index is 644. The number of amides is 2. The van der Waals surface area contributed by atoms with Crippen molar-refractivity contribution in [1.82, 2.24) is 9.97 Å². The first-order chi connectivity index (χ1) is 10.1. The number of anilines is 1. The third-order valence-corrected chi connectivity index (χ3v) is 5.07. The van der Waals surface area contributed by atoms with E-state index in [1.54, 1.807) is 6.20 Å². The number of halogens is 1. The number of imide groups is 1. The highest BCUT2D eigenvalue weighted by Gasteiger charge is 2.61. The summed E-state index contributed by atoms with van der Waals surface area (Å²) in [5.74, 6) is 0.571. The topological polar surface area (TPSA) is 79.8 Å². The van der Waals surface area contributed by atoms with Crippen LogP contribution in [0.2, 0.25) is 5.28 Å². The maximum Gasteiger partial charge on any atom is 0.344 e. The van der Waals surface area contributed by atoms with E-state index in [0.29, 0.717) is 6.42 Å². The fourth-order valence-corrected chi connectivity index (χ4v) is 4.19. The number of rotatable bonds is 1. The minimum atomic E-state index is -0.770. The molecule has 1 aromatic heterocycles. The molecule has 1 saturated carbocycles. The van der Waals surface area contributed by atoms with Gasteiger partial charge in [0.25, 0.3) is 0 Å². The second kappa shape index (κ2) is 4.48. The molecule has 4 rings (SSSR count). The van der Waals surface area contributed by atoms with Crippen LogP contribution in [-0.4, -0.2) is 33.4 Å². The van der Waals surface area contributed by atoms with Gasteiger partial charge >= 0.3 is 11.8 Å². The average molecular weight is 308 g/mol. The number of nitrogens with two attached hydrogens (primary N) is 1. The highest BCUT2D eigenvalue weighted by Crippen LogP contribution is 2.44. The summed E-state index contributed by atoms with van der Waals surface area (Å²) in [6.07, 6.45) is 6.81. The van der Waals surface area contributed by atoms with Gasteiger partial charge in [0.1, 0.15) is 12.2 Å². The Kier molecular flexibility index (Phi) is 2.81. The second-order valence-corrected chi connectivity index (χ2v) is 6.49. The zero-order valence-corrected chi connectivity index (χ0v) is 12.3. The van der Waals surface area contributed by atoms with Gasteiger partial charge in [-0.2, -0.15) is 0 Å². The lowest BCUT2D eigenvalue weighted by Gasteiger charge is -2.36. The van der Waals surface area contributed by atoms with Crippen molar-refractivity contribution >= 4 is 29.2 Å². The number of hydrogen-bond donors (Lipinski definition) is 1. The number of aromatic nitrogens is 2. The highest BCUT2D eigenvalue weighted by atomic mass is 35.5. The average Bonchev–Trinajstić information content (AvgIpc) is 3.09. The van der Waals surface area contributed by atoms with E-state index in [2.05, 4.69) is 14.9 Å². The quantitative estimate of drug-likeness (QED) is 0.592. The molecule has 3 aliphatic rings. The van der Waals surface area contributed by atoms with E-state index in [4.69, 9.17) is 11.6 Å². The molecule has 1 aliphatic carbocycles. The Labute approximate surface area is 126 Å². The van der Waals surface area contributed by atoms with Crippen LogP contribution < -0.4 is 10.2 Å². The fourth-order valence-electron chi connectivity index (χ4n) is 4.06. The van der Waals surface area contributed by atoms with Gasteiger partial charge in [-0.05, 0) is 24.4 Å². The van der Waals surface area contributed by atoms with Crippen LogP contribution in [0, 0.1) is 0 Å². The summed E-state index contributed by atoms with van der Waals surface area (Å²) < 4.78 is 0. The smallest absolute Gasteiger partial charge is 0.334 e. The molecule has 21 heavy (non-hydrogen) atoms. The van der Waals surface area contributed by atoms with Gasteiger partial charge in [0.15, 0.2) is 5.54 Å². The first kappa shape index (κ1) is 13.2. The van der Waals surface area contributed by atoms with E-state index in [1.165, 1.54) is 5.32 Å². The van der Waals surface area contributed by atoms with Gasteiger partial charge in [0.2, 0.25) is 5.28 Å². The Morgan fingerprint density at radius 3 is 2.71 bits per heavy atom. The Balaban J connectivity index is 1.85. The summed E-state index contributed by atoms with van der Waals surface area (Å²) in [6.45, 7) is 0. The maximum atomic E-state index is 12.5. The first-order valence-electron chi connectivity index (χ1n) is 7.33. The van der Waals surface area contributed by atoms with Gasteiger partial charge in [-0.3, -0.25) is 0 Å². The number of hydrogen-bond acceptors (Lipinski definition) is 5. The van der Waals surface area contributed by atoms with Crippen LogP contribution in [0.3, 0.4) is 0 Å². The molecule has 110 valence electrons. The standard InChI is InChI=1S/C14H15ClN4O2/c15-13-16-7-8-5-14(6-10(20)17-12(14)21)19(11(8)18-13)9-3-1-2-4-9/h7,9H,1-6H2,(H,17,20,21)/p+1. The molecule has 1 atom stereocenters. The van der Waals surface area contributed by atoms with Gasteiger partial charge in [0, 0.05) is 24.2 Å². The van der Waals surface area contributed by atoms with Crippen LogP contribution in [0.25, 0.3) is 0 Å². The van der Waals surface area contributed by atoms with Gasteiger partial charge < -0.3 is 4.90 Å². The minimum absolute atomic E-state index is 0.0881. The van der Waals surface area contributed by atoms with Crippen molar-refractivity contribution in [2.75, 3.05) is 4.90 Å². The van der Waals surface area contributed by atoms with E-state index < -0.39 is 5.54 Å². The molecule has 2 amide bonds. The molecule has 2 N–H and O–H groups in total. The van der Waals surface area contributed by atoms with Crippen molar-refractivity contribution in [2.45, 2.75) is 50.1 Å². The highest BCUT2D eigenvalue weighted by molar-refractivity contribution is 6.28. The monoisotopic (exact) mass is 307 g/mol. The first-order valence-corrected chi connectivity index (χ1v) is 7.71. The molecule has 6 nitrogen and oxygen atoms in total. The van der Waals surface area contributed by atoms with Crippen molar-refractivity contribution in [2.24, 2.45) is 0 Å². The molecule has 3 heterocycles. The number of carbonyl (C=O) groups is 2. The predicted molar refractivity (Wildman–Crippen MR) is 74.8 cm³/mol. The van der Waals surface area contributed by atoms with Gasteiger partial charge in [-0.1, -0.05) is 12.8 Å². The molecular formula is C14H16ClN4O2+. The molecular weight excluding hydrogens is 292 g/mol. The third-order valence-electron chi connectivity index (χ3n) is 4.89. The lowest BCUT2D eigenvalue weighted by atomic mass is 9.91. The molecule has 2 fully saturated rings. The zero-order chi connectivity index (χ0) is 14.6. The molecule has 1 spiro atoms. The van der Waals surface area contributed by atoms with Gasteiger partial charge in [0.05, 0.1) is 0 Å². The molecule has 2 aliphatic heterocycles. The number of fused-ring (bicyclic) bond motifs is 1. The number of nitrogens with zero attached hydrogens (tertiary/aromatic N) is 3. The largest absolute Gasteiger partial charge is 0.344 e. The fraction of sp³-hybridized carbons (Fsp3) is 0.571. The molecule has 7 heteroatoms.